The first-order valence-electron chi connectivity index (χ1n) is 8.75. The van der Waals surface area contributed by atoms with Gasteiger partial charge in [-0.15, -0.1) is 0 Å². The quantitative estimate of drug-likeness (QED) is 0.868. The third-order valence-corrected chi connectivity index (χ3v) is 4.82. The Morgan fingerprint density at radius 1 is 1.08 bits per heavy atom. The zero-order chi connectivity index (χ0) is 18.1. The molecule has 0 radical (unpaired) electrons. The third kappa shape index (κ3) is 3.49. The van der Waals surface area contributed by atoms with E-state index in [2.05, 4.69) is 5.32 Å². The monoisotopic (exact) mass is 359 g/mol. The van der Waals surface area contributed by atoms with Crippen LogP contribution in [0.4, 0.5) is 14.5 Å². The number of hydrogen-bond donors (Lipinski definition) is 1. The number of halogens is 2. The molecule has 2 aromatic rings. The van der Waals surface area contributed by atoms with Gasteiger partial charge in [0.25, 0.3) is 0 Å². The number of fused-ring (bicyclic) bond motifs is 1. The van der Waals surface area contributed by atoms with E-state index in [1.54, 1.807) is 0 Å². The Labute approximate surface area is 150 Å². The van der Waals surface area contributed by atoms with Gasteiger partial charge in [0.15, 0.2) is 11.5 Å². The van der Waals surface area contributed by atoms with Crippen LogP contribution in [0, 0.1) is 17.6 Å². The molecule has 6 heteroatoms. The van der Waals surface area contributed by atoms with Crippen molar-refractivity contribution in [3.05, 3.63) is 53.6 Å². The van der Waals surface area contributed by atoms with E-state index in [0.717, 1.165) is 30.5 Å². The molecule has 1 saturated carbocycles. The van der Waals surface area contributed by atoms with Gasteiger partial charge in [0, 0.05) is 6.42 Å². The first-order chi connectivity index (χ1) is 12.6. The van der Waals surface area contributed by atoms with E-state index in [-0.39, 0.29) is 12.3 Å². The van der Waals surface area contributed by atoms with Crippen LogP contribution in [0.25, 0.3) is 0 Å². The van der Waals surface area contributed by atoms with Crippen LogP contribution in [0.2, 0.25) is 0 Å². The molecule has 0 aromatic heterocycles. The summed E-state index contributed by atoms with van der Waals surface area (Å²) in [6, 6.07) is 9.22. The normalized spacial score (nSPS) is 16.8. The molecule has 0 bridgehead atoms. The average Bonchev–Trinajstić information content (AvgIpc) is 3.47. The summed E-state index contributed by atoms with van der Waals surface area (Å²) in [5.41, 5.74) is 0.593. The minimum absolute atomic E-state index is 0.0133. The van der Waals surface area contributed by atoms with Gasteiger partial charge in [-0.2, -0.15) is 0 Å². The molecule has 2 aromatic carbocycles. The van der Waals surface area contributed by atoms with Crippen molar-refractivity contribution >= 4 is 11.6 Å². The predicted molar refractivity (Wildman–Crippen MR) is 92.5 cm³/mol. The lowest BCUT2D eigenvalue weighted by molar-refractivity contribution is -0.116. The fourth-order valence-electron chi connectivity index (χ4n) is 3.35. The molecule has 136 valence electrons. The number of rotatable bonds is 5. The largest absolute Gasteiger partial charge is 0.486 e. The van der Waals surface area contributed by atoms with E-state index in [0.29, 0.717) is 30.6 Å². The average molecular weight is 359 g/mol. The molecule has 0 saturated heterocycles. The predicted octanol–water partition coefficient (Wildman–Crippen LogP) is 4.26. The van der Waals surface area contributed by atoms with Crippen LogP contribution in [0.15, 0.2) is 36.4 Å². The summed E-state index contributed by atoms with van der Waals surface area (Å²) in [6.07, 6.45) is 2.25. The van der Waals surface area contributed by atoms with Gasteiger partial charge >= 0.3 is 0 Å². The lowest BCUT2D eigenvalue weighted by Crippen LogP contribution is -2.19. The summed E-state index contributed by atoms with van der Waals surface area (Å²) in [6.45, 7) is 1.02. The van der Waals surface area contributed by atoms with E-state index >= 15 is 0 Å². The van der Waals surface area contributed by atoms with E-state index in [1.807, 2.05) is 18.2 Å². The minimum atomic E-state index is -0.777. The van der Waals surface area contributed by atoms with Crippen LogP contribution >= 0.6 is 0 Å². The van der Waals surface area contributed by atoms with Crippen molar-refractivity contribution in [2.45, 2.75) is 25.2 Å². The second-order valence-corrected chi connectivity index (χ2v) is 6.70. The number of benzene rings is 2. The van der Waals surface area contributed by atoms with Gasteiger partial charge in [-0.3, -0.25) is 4.79 Å². The van der Waals surface area contributed by atoms with Crippen LogP contribution < -0.4 is 14.8 Å². The number of anilines is 1. The first kappa shape index (κ1) is 16.8. The molecule has 4 nitrogen and oxygen atoms in total. The number of carbonyl (C=O) groups is 1. The van der Waals surface area contributed by atoms with Crippen LogP contribution in [-0.2, 0) is 4.79 Å². The van der Waals surface area contributed by atoms with Crippen molar-refractivity contribution in [1.29, 1.82) is 0 Å². The minimum Gasteiger partial charge on any atom is -0.486 e. The van der Waals surface area contributed by atoms with E-state index in [9.17, 15) is 13.6 Å². The highest BCUT2D eigenvalue weighted by atomic mass is 19.1. The summed E-state index contributed by atoms with van der Waals surface area (Å²) < 4.78 is 38.6. The number of ether oxygens (including phenoxy) is 2. The SMILES string of the molecule is O=C(CC(c1ccc2c(c1)OCCO2)C1CC1)Nc1c(F)cccc1F. The van der Waals surface area contributed by atoms with Gasteiger partial charge in [0.2, 0.25) is 5.91 Å². The number of nitrogens with one attached hydrogen (secondary N) is 1. The van der Waals surface area contributed by atoms with Gasteiger partial charge in [0.1, 0.15) is 30.5 Å². The van der Waals surface area contributed by atoms with Crippen LogP contribution in [0.3, 0.4) is 0 Å². The van der Waals surface area contributed by atoms with Crippen molar-refractivity contribution in [2.24, 2.45) is 5.92 Å². The topological polar surface area (TPSA) is 47.6 Å². The third-order valence-electron chi connectivity index (χ3n) is 4.82. The summed E-state index contributed by atoms with van der Waals surface area (Å²) in [4.78, 5) is 12.4. The van der Waals surface area contributed by atoms with Gasteiger partial charge in [-0.25, -0.2) is 8.78 Å². The highest BCUT2D eigenvalue weighted by molar-refractivity contribution is 5.91. The smallest absolute Gasteiger partial charge is 0.225 e. The molecular formula is C20H19F2NO3. The number of para-hydroxylation sites is 1. The molecule has 26 heavy (non-hydrogen) atoms. The molecule has 1 aliphatic heterocycles. The fourth-order valence-corrected chi connectivity index (χ4v) is 3.35. The number of hydrogen-bond acceptors (Lipinski definition) is 3. The Hall–Kier alpha value is -2.63. The Morgan fingerprint density at radius 3 is 2.46 bits per heavy atom. The summed E-state index contributed by atoms with van der Waals surface area (Å²) in [5, 5.41) is 2.38. The Morgan fingerprint density at radius 2 is 1.77 bits per heavy atom. The van der Waals surface area contributed by atoms with Gasteiger partial charge < -0.3 is 14.8 Å². The summed E-state index contributed by atoms with van der Waals surface area (Å²) in [5.74, 6) is -0.191. The Kier molecular flexibility index (Phi) is 4.49. The molecule has 1 fully saturated rings. The Balaban J connectivity index is 1.52. The van der Waals surface area contributed by atoms with Crippen LogP contribution in [0.5, 0.6) is 11.5 Å². The zero-order valence-corrected chi connectivity index (χ0v) is 14.1. The molecule has 2 aliphatic rings. The molecule has 1 N–H and O–H groups in total. The maximum absolute atomic E-state index is 13.7. The summed E-state index contributed by atoms with van der Waals surface area (Å²) >= 11 is 0. The molecule has 1 heterocycles. The second-order valence-electron chi connectivity index (χ2n) is 6.70. The van der Waals surface area contributed by atoms with Crippen molar-refractivity contribution in [3.8, 4) is 11.5 Å². The zero-order valence-electron chi connectivity index (χ0n) is 14.1. The van der Waals surface area contributed by atoms with Crippen LogP contribution in [0.1, 0.15) is 30.7 Å². The summed E-state index contributed by atoms with van der Waals surface area (Å²) in [7, 11) is 0. The van der Waals surface area contributed by atoms with Gasteiger partial charge in [-0.1, -0.05) is 12.1 Å². The molecule has 1 amide bonds. The lowest BCUT2D eigenvalue weighted by atomic mass is 9.90. The standard InChI is InChI=1S/C20H19F2NO3/c21-15-2-1-3-16(22)20(15)23-19(24)11-14(12-4-5-12)13-6-7-17-18(10-13)26-9-8-25-17/h1-3,6-7,10,12,14H,4-5,8-9,11H2,(H,23,24). The van der Waals surface area contributed by atoms with Crippen LogP contribution in [-0.4, -0.2) is 19.1 Å². The fraction of sp³-hybridized carbons (Fsp3) is 0.350. The highest BCUT2D eigenvalue weighted by Gasteiger charge is 2.34. The van der Waals surface area contributed by atoms with Gasteiger partial charge in [-0.05, 0) is 54.5 Å². The first-order valence-corrected chi connectivity index (χ1v) is 8.75. The highest BCUT2D eigenvalue weighted by Crippen LogP contribution is 2.46. The molecule has 4 rings (SSSR count). The second kappa shape index (κ2) is 6.94. The van der Waals surface area contributed by atoms with Crippen molar-refractivity contribution in [3.63, 3.8) is 0 Å². The number of amides is 1. The van der Waals surface area contributed by atoms with Crippen molar-refractivity contribution in [2.75, 3.05) is 18.5 Å². The molecule has 1 atom stereocenters. The maximum atomic E-state index is 13.7. The van der Waals surface area contributed by atoms with Crippen molar-refractivity contribution in [1.82, 2.24) is 0 Å². The van der Waals surface area contributed by atoms with Crippen molar-refractivity contribution < 1.29 is 23.0 Å². The van der Waals surface area contributed by atoms with E-state index in [1.165, 1.54) is 6.07 Å². The lowest BCUT2D eigenvalue weighted by Gasteiger charge is -2.22. The van der Waals surface area contributed by atoms with Gasteiger partial charge in [0.05, 0.1) is 0 Å². The molecule has 1 aliphatic carbocycles. The van der Waals surface area contributed by atoms with E-state index in [4.69, 9.17) is 9.47 Å². The van der Waals surface area contributed by atoms with E-state index < -0.39 is 23.2 Å². The maximum Gasteiger partial charge on any atom is 0.225 e. The Bertz CT molecular complexity index is 816. The molecule has 0 spiro atoms. The molecule has 1 unspecified atom stereocenters. The molecular weight excluding hydrogens is 340 g/mol. The number of carbonyl (C=O) groups excluding carboxylic acids is 1.